The number of aliphatic carboxylic acids is 1. The van der Waals surface area contributed by atoms with E-state index in [0.717, 1.165) is 37.9 Å². The molecule has 1 aliphatic carbocycles. The predicted octanol–water partition coefficient (Wildman–Crippen LogP) is 5.62. The van der Waals surface area contributed by atoms with Gasteiger partial charge in [0.05, 0.1) is 23.2 Å². The van der Waals surface area contributed by atoms with Crippen LogP contribution in [0, 0.1) is 11.8 Å². The molecular formula is C25H20N2O4S. The van der Waals surface area contributed by atoms with Gasteiger partial charge >= 0.3 is 5.97 Å². The Balaban J connectivity index is 1.27. The zero-order valence-electron chi connectivity index (χ0n) is 17.2. The maximum Gasteiger partial charge on any atom is 0.307 e. The molecule has 0 spiro atoms. The van der Waals surface area contributed by atoms with Gasteiger partial charge in [0.25, 0.3) is 0 Å². The van der Waals surface area contributed by atoms with Crippen molar-refractivity contribution in [3.63, 3.8) is 0 Å². The van der Waals surface area contributed by atoms with Gasteiger partial charge in [0.15, 0.2) is 10.9 Å². The van der Waals surface area contributed by atoms with Gasteiger partial charge in [-0.25, -0.2) is 4.98 Å². The minimum absolute atomic E-state index is 0.0862. The van der Waals surface area contributed by atoms with Gasteiger partial charge in [-0.1, -0.05) is 47.7 Å². The van der Waals surface area contributed by atoms with Crippen LogP contribution < -0.4 is 10.1 Å². The zero-order valence-corrected chi connectivity index (χ0v) is 18.1. The van der Waals surface area contributed by atoms with E-state index in [9.17, 15) is 9.59 Å². The van der Waals surface area contributed by atoms with Crippen molar-refractivity contribution in [1.82, 2.24) is 4.98 Å². The third-order valence-electron chi connectivity index (χ3n) is 5.68. The topological polar surface area (TPSA) is 88.5 Å². The number of thiazole rings is 1. The van der Waals surface area contributed by atoms with E-state index in [-0.39, 0.29) is 11.7 Å². The lowest BCUT2D eigenvalue weighted by atomic mass is 10.0. The lowest BCUT2D eigenvalue weighted by Crippen LogP contribution is -2.08. The number of carbonyl (C=O) groups is 2. The zero-order chi connectivity index (χ0) is 22.2. The molecule has 160 valence electrons. The Bertz CT molecular complexity index is 1310. The summed E-state index contributed by atoms with van der Waals surface area (Å²) >= 11 is 1.56. The SMILES string of the molecule is COc1ccc2nc(Nc3ccc(-c4ccc(C(=O)C5CC5C(=O)O)cc4)cc3)sc2c1. The highest BCUT2D eigenvalue weighted by Crippen LogP contribution is 2.41. The molecule has 4 aromatic rings. The Kier molecular flexibility index (Phi) is 5.11. The largest absolute Gasteiger partial charge is 0.497 e. The normalized spacial score (nSPS) is 17.2. The second-order valence-corrected chi connectivity index (χ2v) is 8.81. The van der Waals surface area contributed by atoms with Crippen LogP contribution in [0.5, 0.6) is 5.75 Å². The number of Topliss-reactive ketones (excluding diaryl/α,β-unsaturated/α-hetero) is 1. The van der Waals surface area contributed by atoms with Crippen LogP contribution >= 0.6 is 11.3 Å². The summed E-state index contributed by atoms with van der Waals surface area (Å²) in [7, 11) is 1.65. The second kappa shape index (κ2) is 8.09. The number of nitrogens with zero attached hydrogens (tertiary/aromatic N) is 1. The highest BCUT2D eigenvalue weighted by molar-refractivity contribution is 7.22. The summed E-state index contributed by atoms with van der Waals surface area (Å²) < 4.78 is 6.33. The average Bonchev–Trinajstić information content (AvgIpc) is 3.53. The smallest absolute Gasteiger partial charge is 0.307 e. The molecule has 0 radical (unpaired) electrons. The lowest BCUT2D eigenvalue weighted by molar-refractivity contribution is -0.138. The first kappa shape index (κ1) is 20.2. The van der Waals surface area contributed by atoms with Crippen molar-refractivity contribution in [3.8, 4) is 16.9 Å². The Morgan fingerprint density at radius 1 is 1.00 bits per heavy atom. The van der Waals surface area contributed by atoms with Crippen LogP contribution in [0.25, 0.3) is 21.3 Å². The highest BCUT2D eigenvalue weighted by Gasteiger charge is 2.48. The number of nitrogens with one attached hydrogen (secondary N) is 1. The summed E-state index contributed by atoms with van der Waals surface area (Å²) in [6.45, 7) is 0. The van der Waals surface area contributed by atoms with Gasteiger partial charge in [-0.2, -0.15) is 0 Å². The number of hydrogen-bond donors (Lipinski definition) is 2. The number of carbonyl (C=O) groups excluding carboxylic acids is 1. The minimum atomic E-state index is -0.890. The first-order valence-corrected chi connectivity index (χ1v) is 11.0. The number of rotatable bonds is 7. The Morgan fingerprint density at radius 2 is 1.69 bits per heavy atom. The van der Waals surface area contributed by atoms with E-state index in [1.165, 1.54) is 0 Å². The van der Waals surface area contributed by atoms with Crippen LogP contribution in [0.2, 0.25) is 0 Å². The fourth-order valence-corrected chi connectivity index (χ4v) is 4.67. The van der Waals surface area contributed by atoms with Crippen molar-refractivity contribution >= 4 is 44.1 Å². The van der Waals surface area contributed by atoms with Crippen LogP contribution in [-0.2, 0) is 4.79 Å². The van der Waals surface area contributed by atoms with Crippen molar-refractivity contribution in [2.45, 2.75) is 6.42 Å². The number of ether oxygens (including phenoxy) is 1. The fourth-order valence-electron chi connectivity index (χ4n) is 3.75. The van der Waals surface area contributed by atoms with E-state index in [2.05, 4.69) is 10.3 Å². The number of fused-ring (bicyclic) bond motifs is 1. The molecule has 2 atom stereocenters. The van der Waals surface area contributed by atoms with Gasteiger partial charge < -0.3 is 15.2 Å². The number of anilines is 2. The summed E-state index contributed by atoms with van der Waals surface area (Å²) in [4.78, 5) is 28.0. The highest BCUT2D eigenvalue weighted by atomic mass is 32.1. The molecule has 0 aliphatic heterocycles. The Morgan fingerprint density at radius 3 is 2.31 bits per heavy atom. The molecular weight excluding hydrogens is 424 g/mol. The minimum Gasteiger partial charge on any atom is -0.497 e. The van der Waals surface area contributed by atoms with Crippen LogP contribution in [0.3, 0.4) is 0 Å². The van der Waals surface area contributed by atoms with Crippen LogP contribution in [0.1, 0.15) is 16.8 Å². The molecule has 0 saturated heterocycles. The number of carboxylic acids is 1. The van der Waals surface area contributed by atoms with Gasteiger partial charge in [-0.3, -0.25) is 9.59 Å². The molecule has 1 heterocycles. The number of benzene rings is 3. The first-order valence-electron chi connectivity index (χ1n) is 10.2. The van der Waals surface area contributed by atoms with Crippen LogP contribution in [0.15, 0.2) is 66.7 Å². The molecule has 2 unspecified atom stereocenters. The molecule has 1 fully saturated rings. The number of carboxylic acid groups (broad SMARTS) is 1. The molecule has 0 bridgehead atoms. The maximum atomic E-state index is 12.4. The summed E-state index contributed by atoms with van der Waals surface area (Å²) in [5, 5.41) is 13.2. The monoisotopic (exact) mass is 444 g/mol. The average molecular weight is 445 g/mol. The van der Waals surface area contributed by atoms with Crippen molar-refractivity contribution in [1.29, 1.82) is 0 Å². The van der Waals surface area contributed by atoms with E-state index < -0.39 is 11.9 Å². The summed E-state index contributed by atoms with van der Waals surface area (Å²) in [6.07, 6.45) is 0.437. The summed E-state index contributed by atoms with van der Waals surface area (Å²) in [5.74, 6) is -1.08. The fraction of sp³-hybridized carbons (Fsp3) is 0.160. The predicted molar refractivity (Wildman–Crippen MR) is 125 cm³/mol. The molecule has 3 aromatic carbocycles. The van der Waals surface area contributed by atoms with Gasteiger partial charge in [0, 0.05) is 17.2 Å². The molecule has 6 nitrogen and oxygen atoms in total. The quantitative estimate of drug-likeness (QED) is 0.360. The lowest BCUT2D eigenvalue weighted by Gasteiger charge is -2.06. The molecule has 0 amide bonds. The van der Waals surface area contributed by atoms with Crippen molar-refractivity contribution in [2.75, 3.05) is 12.4 Å². The van der Waals surface area contributed by atoms with Gasteiger partial charge in [0.2, 0.25) is 0 Å². The molecule has 7 heteroatoms. The number of ketones is 1. The number of hydrogen-bond acceptors (Lipinski definition) is 6. The third-order valence-corrected chi connectivity index (χ3v) is 6.61. The molecule has 5 rings (SSSR count). The Hall–Kier alpha value is -3.71. The first-order chi connectivity index (χ1) is 15.5. The van der Waals surface area contributed by atoms with E-state index in [4.69, 9.17) is 9.84 Å². The molecule has 1 aromatic heterocycles. The van der Waals surface area contributed by atoms with E-state index in [0.29, 0.717) is 12.0 Å². The molecule has 2 N–H and O–H groups in total. The van der Waals surface area contributed by atoms with Gasteiger partial charge in [-0.15, -0.1) is 0 Å². The molecule has 1 saturated carbocycles. The Labute approximate surface area is 188 Å². The van der Waals surface area contributed by atoms with E-state index in [1.807, 2.05) is 54.6 Å². The van der Waals surface area contributed by atoms with Crippen LogP contribution in [0.4, 0.5) is 10.8 Å². The van der Waals surface area contributed by atoms with Gasteiger partial charge in [0.1, 0.15) is 5.75 Å². The molecule has 1 aliphatic rings. The second-order valence-electron chi connectivity index (χ2n) is 7.78. The van der Waals surface area contributed by atoms with Crippen molar-refractivity contribution < 1.29 is 19.4 Å². The number of methoxy groups -OCH3 is 1. The standard InChI is InChI=1S/C25H20N2O4S/c1-31-18-10-11-21-22(12-18)32-25(27-21)26-17-8-6-15(7-9-17)14-2-4-16(5-3-14)23(28)19-13-20(19)24(29)30/h2-12,19-20H,13H2,1H3,(H,26,27)(H,29,30). The number of aromatic nitrogens is 1. The maximum absolute atomic E-state index is 12.4. The van der Waals surface area contributed by atoms with Crippen LogP contribution in [-0.4, -0.2) is 29.0 Å². The van der Waals surface area contributed by atoms with E-state index in [1.54, 1.807) is 30.6 Å². The van der Waals surface area contributed by atoms with Gasteiger partial charge in [-0.05, 0) is 47.9 Å². The van der Waals surface area contributed by atoms with Crippen molar-refractivity contribution in [2.24, 2.45) is 11.8 Å². The van der Waals surface area contributed by atoms with E-state index >= 15 is 0 Å². The third kappa shape index (κ3) is 3.94. The van der Waals surface area contributed by atoms with Crippen molar-refractivity contribution in [3.05, 3.63) is 72.3 Å². The molecule has 32 heavy (non-hydrogen) atoms. The summed E-state index contributed by atoms with van der Waals surface area (Å²) in [5.41, 5.74) is 4.43. The summed E-state index contributed by atoms with van der Waals surface area (Å²) in [6, 6.07) is 21.2.